The summed E-state index contributed by atoms with van der Waals surface area (Å²) in [4.78, 5) is 24.3. The molecule has 1 aromatic heterocycles. The Kier molecular flexibility index (Phi) is 5.40. The van der Waals surface area contributed by atoms with Gasteiger partial charge in [-0.25, -0.2) is 0 Å². The quantitative estimate of drug-likeness (QED) is 0.875. The minimum atomic E-state index is -0.921. The van der Waals surface area contributed by atoms with Crippen molar-refractivity contribution >= 4 is 27.8 Å². The molecule has 1 amide bonds. The number of hydrogen-bond acceptors (Lipinski definition) is 3. The van der Waals surface area contributed by atoms with Gasteiger partial charge in [0.1, 0.15) is 0 Å². The number of halogens is 1. The van der Waals surface area contributed by atoms with E-state index in [0.29, 0.717) is 11.0 Å². The summed E-state index contributed by atoms with van der Waals surface area (Å²) < 4.78 is 5.69. The molecule has 0 saturated heterocycles. The Balaban J connectivity index is 2.78. The summed E-state index contributed by atoms with van der Waals surface area (Å²) in [5.74, 6) is -0.741. The fraction of sp³-hybridized carbons (Fsp3) is 0.500. The molecule has 0 atom stereocenters. The van der Waals surface area contributed by atoms with Gasteiger partial charge in [0.25, 0.3) is 5.91 Å². The van der Waals surface area contributed by atoms with Crippen LogP contribution in [0.4, 0.5) is 0 Å². The molecule has 1 heterocycles. The molecule has 0 aliphatic heterocycles. The lowest BCUT2D eigenvalue weighted by atomic mass is 10.2. The van der Waals surface area contributed by atoms with Gasteiger partial charge >= 0.3 is 5.97 Å². The lowest BCUT2D eigenvalue weighted by Crippen LogP contribution is -2.35. The first-order valence-corrected chi connectivity index (χ1v) is 6.45. The average molecular weight is 318 g/mol. The Morgan fingerprint density at radius 1 is 1.50 bits per heavy atom. The lowest BCUT2D eigenvalue weighted by molar-refractivity contribution is -0.137. The molecule has 0 aliphatic rings. The van der Waals surface area contributed by atoms with Crippen LogP contribution in [-0.2, 0) is 4.79 Å². The van der Waals surface area contributed by atoms with Gasteiger partial charge in [-0.05, 0) is 27.9 Å². The Morgan fingerprint density at radius 3 is 2.61 bits per heavy atom. The predicted octanol–water partition coefficient (Wildman–Crippen LogP) is 2.62. The van der Waals surface area contributed by atoms with Crippen LogP contribution in [0, 0.1) is 5.92 Å². The SMILES string of the molecule is CC(C)CN(CCC(=O)O)C(=O)c1occc1Br. The van der Waals surface area contributed by atoms with Crippen LogP contribution >= 0.6 is 15.9 Å². The van der Waals surface area contributed by atoms with E-state index in [0.717, 1.165) is 0 Å². The van der Waals surface area contributed by atoms with Crippen molar-refractivity contribution in [3.63, 3.8) is 0 Å². The van der Waals surface area contributed by atoms with E-state index < -0.39 is 5.97 Å². The number of rotatable bonds is 6. The van der Waals surface area contributed by atoms with E-state index in [1.165, 1.54) is 11.2 Å². The van der Waals surface area contributed by atoms with E-state index in [4.69, 9.17) is 9.52 Å². The molecule has 1 N–H and O–H groups in total. The molecule has 1 aromatic rings. The molecule has 0 radical (unpaired) electrons. The lowest BCUT2D eigenvalue weighted by Gasteiger charge is -2.23. The van der Waals surface area contributed by atoms with Crippen molar-refractivity contribution in [2.75, 3.05) is 13.1 Å². The second-order valence-corrected chi connectivity index (χ2v) is 5.24. The fourth-order valence-electron chi connectivity index (χ4n) is 1.54. The second-order valence-electron chi connectivity index (χ2n) is 4.39. The molecule has 0 unspecified atom stereocenters. The summed E-state index contributed by atoms with van der Waals surface area (Å²) in [7, 11) is 0. The summed E-state index contributed by atoms with van der Waals surface area (Å²) >= 11 is 3.22. The number of carbonyl (C=O) groups is 2. The zero-order valence-corrected chi connectivity index (χ0v) is 11.9. The van der Waals surface area contributed by atoms with Gasteiger partial charge in [-0.1, -0.05) is 13.8 Å². The maximum atomic E-state index is 12.2. The molecule has 18 heavy (non-hydrogen) atoms. The third kappa shape index (κ3) is 4.18. The van der Waals surface area contributed by atoms with Gasteiger partial charge in [-0.15, -0.1) is 0 Å². The van der Waals surface area contributed by atoms with E-state index in [9.17, 15) is 9.59 Å². The molecule has 6 heteroatoms. The number of carbonyl (C=O) groups excluding carboxylic acids is 1. The standard InChI is InChI=1S/C12H16BrNO4/c1-8(2)7-14(5-3-10(15)16)12(17)11-9(13)4-6-18-11/h4,6,8H,3,5,7H2,1-2H3,(H,15,16). The molecule has 5 nitrogen and oxygen atoms in total. The minimum absolute atomic E-state index is 0.0726. The highest BCUT2D eigenvalue weighted by Gasteiger charge is 2.22. The third-order valence-electron chi connectivity index (χ3n) is 2.28. The Hall–Kier alpha value is -1.30. The van der Waals surface area contributed by atoms with Crippen molar-refractivity contribution < 1.29 is 19.1 Å². The van der Waals surface area contributed by atoms with Gasteiger partial charge in [-0.2, -0.15) is 0 Å². The smallest absolute Gasteiger partial charge is 0.305 e. The van der Waals surface area contributed by atoms with Crippen molar-refractivity contribution in [3.8, 4) is 0 Å². The number of furan rings is 1. The fourth-order valence-corrected chi connectivity index (χ4v) is 1.91. The summed E-state index contributed by atoms with van der Waals surface area (Å²) in [6.07, 6.45) is 1.35. The van der Waals surface area contributed by atoms with Crippen LogP contribution in [0.1, 0.15) is 30.8 Å². The van der Waals surface area contributed by atoms with Crippen LogP contribution in [0.3, 0.4) is 0 Å². The van der Waals surface area contributed by atoms with Gasteiger partial charge in [0.05, 0.1) is 17.2 Å². The van der Waals surface area contributed by atoms with E-state index in [1.54, 1.807) is 6.07 Å². The van der Waals surface area contributed by atoms with E-state index >= 15 is 0 Å². The van der Waals surface area contributed by atoms with E-state index in [-0.39, 0.29) is 30.6 Å². The van der Waals surface area contributed by atoms with Crippen molar-refractivity contribution in [3.05, 3.63) is 22.6 Å². The van der Waals surface area contributed by atoms with Gasteiger partial charge in [0, 0.05) is 13.1 Å². The van der Waals surface area contributed by atoms with Crippen LogP contribution in [0.25, 0.3) is 0 Å². The highest BCUT2D eigenvalue weighted by Crippen LogP contribution is 2.20. The number of amides is 1. The summed E-state index contributed by atoms with van der Waals surface area (Å²) in [5, 5.41) is 8.69. The molecule has 1 rings (SSSR count). The monoisotopic (exact) mass is 317 g/mol. The molecule has 100 valence electrons. The maximum Gasteiger partial charge on any atom is 0.305 e. The number of carboxylic acid groups (broad SMARTS) is 1. The van der Waals surface area contributed by atoms with Gasteiger partial charge in [0.15, 0.2) is 0 Å². The Labute approximate surface area is 114 Å². The first kappa shape index (κ1) is 14.8. The largest absolute Gasteiger partial charge is 0.481 e. The predicted molar refractivity (Wildman–Crippen MR) is 69.4 cm³/mol. The number of hydrogen-bond donors (Lipinski definition) is 1. The summed E-state index contributed by atoms with van der Waals surface area (Å²) in [6.45, 7) is 4.62. The highest BCUT2D eigenvalue weighted by molar-refractivity contribution is 9.10. The Morgan fingerprint density at radius 2 is 2.17 bits per heavy atom. The molecule has 0 bridgehead atoms. The maximum absolute atomic E-state index is 12.2. The van der Waals surface area contributed by atoms with E-state index in [1.807, 2.05) is 13.8 Å². The van der Waals surface area contributed by atoms with Crippen LogP contribution in [0.5, 0.6) is 0 Å². The number of carboxylic acids is 1. The number of aliphatic carboxylic acids is 1. The normalized spacial score (nSPS) is 10.7. The summed E-state index contributed by atoms with van der Waals surface area (Å²) in [5.41, 5.74) is 0. The zero-order chi connectivity index (χ0) is 13.7. The number of nitrogens with zero attached hydrogens (tertiary/aromatic N) is 1. The first-order chi connectivity index (χ1) is 8.41. The van der Waals surface area contributed by atoms with Crippen molar-refractivity contribution in [2.45, 2.75) is 20.3 Å². The van der Waals surface area contributed by atoms with Crippen molar-refractivity contribution in [1.82, 2.24) is 4.90 Å². The summed E-state index contributed by atoms with van der Waals surface area (Å²) in [6, 6.07) is 1.64. The van der Waals surface area contributed by atoms with Gasteiger partial charge in [0.2, 0.25) is 5.76 Å². The molecule has 0 saturated carbocycles. The average Bonchev–Trinajstić information content (AvgIpc) is 2.69. The Bertz CT molecular complexity index is 427. The van der Waals surface area contributed by atoms with Gasteiger partial charge < -0.3 is 14.4 Å². The van der Waals surface area contributed by atoms with Crippen LogP contribution < -0.4 is 0 Å². The van der Waals surface area contributed by atoms with Crippen LogP contribution in [0.15, 0.2) is 21.2 Å². The van der Waals surface area contributed by atoms with Crippen molar-refractivity contribution in [2.24, 2.45) is 5.92 Å². The molecule has 0 aliphatic carbocycles. The topological polar surface area (TPSA) is 70.8 Å². The van der Waals surface area contributed by atoms with Crippen LogP contribution in [0.2, 0.25) is 0 Å². The van der Waals surface area contributed by atoms with Gasteiger partial charge in [-0.3, -0.25) is 9.59 Å². The molecular formula is C12H16BrNO4. The van der Waals surface area contributed by atoms with Crippen molar-refractivity contribution in [1.29, 1.82) is 0 Å². The zero-order valence-electron chi connectivity index (χ0n) is 10.4. The third-order valence-corrected chi connectivity index (χ3v) is 2.90. The first-order valence-electron chi connectivity index (χ1n) is 5.66. The molecular weight excluding hydrogens is 302 g/mol. The second kappa shape index (κ2) is 6.58. The minimum Gasteiger partial charge on any atom is -0.481 e. The van der Waals surface area contributed by atoms with Crippen LogP contribution in [-0.4, -0.2) is 35.0 Å². The molecule has 0 fully saturated rings. The molecule has 0 spiro atoms. The molecule has 0 aromatic carbocycles. The highest BCUT2D eigenvalue weighted by atomic mass is 79.9. The van der Waals surface area contributed by atoms with E-state index in [2.05, 4.69) is 15.9 Å².